The number of nitrogens with one attached hydrogen (secondary N) is 2. The van der Waals surface area contributed by atoms with Crippen LogP contribution in [0.15, 0.2) is 0 Å². The van der Waals surface area contributed by atoms with Gasteiger partial charge in [-0.3, -0.25) is 0 Å². The van der Waals surface area contributed by atoms with Crippen molar-refractivity contribution in [1.29, 1.82) is 0 Å². The van der Waals surface area contributed by atoms with Gasteiger partial charge >= 0.3 is 0 Å². The van der Waals surface area contributed by atoms with Crippen LogP contribution < -0.4 is 9.66 Å². The lowest BCUT2D eigenvalue weighted by Gasteiger charge is -1.89. The zero-order chi connectivity index (χ0) is 7.28. The van der Waals surface area contributed by atoms with E-state index in [9.17, 15) is 20.2 Å². The monoisotopic (exact) mass is 154 g/mol. The Morgan fingerprint density at radius 1 is 1.11 bits per heavy atom. The number of nitrogens with zero attached hydrogens (tertiary/aromatic N) is 2. The standard InChI is InChI=1S/H2N4O4S/c5-3(6)1-9-2-4(7)8/h1-2H. The summed E-state index contributed by atoms with van der Waals surface area (Å²) in [6.07, 6.45) is 0. The van der Waals surface area contributed by atoms with Crippen LogP contribution in [0.5, 0.6) is 0 Å². The molecule has 0 aliphatic carbocycles. The lowest BCUT2D eigenvalue weighted by molar-refractivity contribution is -0.531. The van der Waals surface area contributed by atoms with Gasteiger partial charge in [0.1, 0.15) is 0 Å². The molecule has 0 aromatic rings. The van der Waals surface area contributed by atoms with Gasteiger partial charge in [-0.05, 0) is 0 Å². The van der Waals surface area contributed by atoms with Crippen molar-refractivity contribution in [1.82, 2.24) is 9.66 Å². The second kappa shape index (κ2) is 3.72. The van der Waals surface area contributed by atoms with Crippen LogP contribution in [0, 0.1) is 20.2 Å². The summed E-state index contributed by atoms with van der Waals surface area (Å²) in [5.41, 5.74) is 0. The number of hydrogen-bond donors (Lipinski definition) is 2. The Kier molecular flexibility index (Phi) is 3.20. The molecule has 2 N–H and O–H groups in total. The van der Waals surface area contributed by atoms with Crippen LogP contribution in [0.1, 0.15) is 0 Å². The molecule has 52 valence electrons. The van der Waals surface area contributed by atoms with Gasteiger partial charge in [0, 0.05) is 0 Å². The molecule has 0 amide bonds. The second-order valence-electron chi connectivity index (χ2n) is 0.799. The highest BCUT2D eigenvalue weighted by Crippen LogP contribution is 1.80. The Balaban J connectivity index is 3.10. The van der Waals surface area contributed by atoms with Crippen molar-refractivity contribution >= 4 is 12.1 Å². The van der Waals surface area contributed by atoms with E-state index < -0.39 is 10.1 Å². The molecule has 0 unspecified atom stereocenters. The third-order valence-corrected chi connectivity index (χ3v) is 0.721. The molecule has 0 saturated carbocycles. The van der Waals surface area contributed by atoms with Gasteiger partial charge in [-0.15, -0.1) is 0 Å². The first-order chi connectivity index (χ1) is 4.13. The normalized spacial score (nSPS) is 8.00. The van der Waals surface area contributed by atoms with Gasteiger partial charge in [0.2, 0.25) is 0 Å². The second-order valence-corrected chi connectivity index (χ2v) is 1.37. The lowest BCUT2D eigenvalue weighted by atomic mass is 12.7. The summed E-state index contributed by atoms with van der Waals surface area (Å²) < 4.78 is 0. The molecule has 0 radical (unpaired) electrons. The van der Waals surface area contributed by atoms with Crippen molar-refractivity contribution in [2.45, 2.75) is 0 Å². The fourth-order valence-corrected chi connectivity index (χ4v) is 0.285. The molecule has 0 saturated heterocycles. The van der Waals surface area contributed by atoms with Crippen molar-refractivity contribution in [3.05, 3.63) is 20.2 Å². The maximum Gasteiger partial charge on any atom is 0.192 e. The van der Waals surface area contributed by atoms with E-state index >= 15 is 0 Å². The summed E-state index contributed by atoms with van der Waals surface area (Å²) in [6, 6.07) is 0. The topological polar surface area (TPSA) is 110 Å². The van der Waals surface area contributed by atoms with E-state index in [1.165, 1.54) is 9.66 Å². The van der Waals surface area contributed by atoms with Crippen molar-refractivity contribution < 1.29 is 10.1 Å². The molecule has 8 nitrogen and oxygen atoms in total. The fourth-order valence-electron chi connectivity index (χ4n) is 0.0949. The Morgan fingerprint density at radius 2 is 1.44 bits per heavy atom. The molecular formula is H2N4O4S. The first-order valence-electron chi connectivity index (χ1n) is 1.59. The smallest absolute Gasteiger partial charge is 0.192 e. The minimum absolute atomic E-state index is 0.171. The fraction of sp³-hybridized carbons (Fsp3) is 0. The highest BCUT2D eigenvalue weighted by Gasteiger charge is 1.97. The van der Waals surface area contributed by atoms with Crippen LogP contribution >= 0.6 is 12.1 Å². The maximum absolute atomic E-state index is 9.39. The van der Waals surface area contributed by atoms with Crippen LogP contribution in [0.4, 0.5) is 0 Å². The third-order valence-electron chi connectivity index (χ3n) is 0.240. The predicted octanol–water partition coefficient (Wildman–Crippen LogP) is -0.888. The van der Waals surface area contributed by atoms with Gasteiger partial charge in [0.05, 0.1) is 0 Å². The van der Waals surface area contributed by atoms with E-state index in [4.69, 9.17) is 0 Å². The summed E-state index contributed by atoms with van der Waals surface area (Å²) in [5.74, 6) is 0. The molecule has 0 aliphatic heterocycles. The first kappa shape index (κ1) is 7.75. The SMILES string of the molecule is O=[N+]([O-])NSN[N+](=O)[O-]. The highest BCUT2D eigenvalue weighted by atomic mass is 32.2. The Hall–Kier alpha value is -1.25. The van der Waals surface area contributed by atoms with Gasteiger partial charge in [0.15, 0.2) is 22.2 Å². The highest BCUT2D eigenvalue weighted by molar-refractivity contribution is 7.95. The molecule has 0 aromatic heterocycles. The molecule has 0 fully saturated rings. The quantitative estimate of drug-likeness (QED) is 0.307. The van der Waals surface area contributed by atoms with Crippen LogP contribution in [0.2, 0.25) is 0 Å². The van der Waals surface area contributed by atoms with E-state index in [1.807, 2.05) is 0 Å². The molecule has 0 aliphatic rings. The number of hydrogen-bond acceptors (Lipinski definition) is 5. The summed E-state index contributed by atoms with van der Waals surface area (Å²) in [7, 11) is 0. The van der Waals surface area contributed by atoms with E-state index in [-0.39, 0.29) is 12.1 Å². The average molecular weight is 154 g/mol. The number of nitro groups is 2. The first-order valence-corrected chi connectivity index (χ1v) is 2.40. The van der Waals surface area contributed by atoms with E-state index in [0.717, 1.165) is 0 Å². The Labute approximate surface area is 53.1 Å². The third kappa shape index (κ3) is 6.75. The van der Waals surface area contributed by atoms with Crippen LogP contribution in [-0.4, -0.2) is 10.1 Å². The zero-order valence-electron chi connectivity index (χ0n) is 3.94. The molecule has 0 aromatic carbocycles. The summed E-state index contributed by atoms with van der Waals surface area (Å²) in [4.78, 5) is 21.7. The van der Waals surface area contributed by atoms with Crippen LogP contribution in [0.3, 0.4) is 0 Å². The van der Waals surface area contributed by atoms with Crippen molar-refractivity contribution in [2.75, 3.05) is 0 Å². The zero-order valence-corrected chi connectivity index (χ0v) is 4.75. The Bertz CT molecular complexity index is 108. The molecule has 0 spiro atoms. The molecule has 0 rings (SSSR count). The van der Waals surface area contributed by atoms with Gasteiger partial charge in [-0.25, -0.2) is 20.2 Å². The predicted molar refractivity (Wildman–Crippen MR) is 27.9 cm³/mol. The maximum atomic E-state index is 9.39. The van der Waals surface area contributed by atoms with Crippen LogP contribution in [-0.2, 0) is 0 Å². The van der Waals surface area contributed by atoms with Gasteiger partial charge in [-0.2, -0.15) is 0 Å². The van der Waals surface area contributed by atoms with E-state index in [1.54, 1.807) is 0 Å². The van der Waals surface area contributed by atoms with E-state index in [0.29, 0.717) is 0 Å². The molecule has 9 heavy (non-hydrogen) atoms. The summed E-state index contributed by atoms with van der Waals surface area (Å²) >= 11 is 0.171. The van der Waals surface area contributed by atoms with Crippen molar-refractivity contribution in [3.63, 3.8) is 0 Å². The van der Waals surface area contributed by atoms with Gasteiger partial charge in [-0.1, -0.05) is 9.66 Å². The molecule has 9 heteroatoms. The molecule has 0 heterocycles. The molecule has 0 bridgehead atoms. The summed E-state index contributed by atoms with van der Waals surface area (Å²) in [6.45, 7) is 0. The van der Waals surface area contributed by atoms with E-state index in [2.05, 4.69) is 0 Å². The van der Waals surface area contributed by atoms with Gasteiger partial charge in [0.25, 0.3) is 0 Å². The molecular weight excluding hydrogens is 152 g/mol. The summed E-state index contributed by atoms with van der Waals surface area (Å²) in [5, 5.41) is 17.0. The van der Waals surface area contributed by atoms with Gasteiger partial charge < -0.3 is 0 Å². The van der Waals surface area contributed by atoms with Crippen molar-refractivity contribution in [3.8, 4) is 0 Å². The number of hydrazine groups is 2. The lowest BCUT2D eigenvalue weighted by Crippen LogP contribution is -2.22. The number of rotatable bonds is 4. The minimum atomic E-state index is -0.916. The Morgan fingerprint density at radius 3 is 1.67 bits per heavy atom. The molecule has 0 atom stereocenters. The minimum Gasteiger partial charge on any atom is -0.234 e. The van der Waals surface area contributed by atoms with Crippen molar-refractivity contribution in [2.24, 2.45) is 0 Å². The average Bonchev–Trinajstić information content (AvgIpc) is 1.63. The van der Waals surface area contributed by atoms with Crippen LogP contribution in [0.25, 0.3) is 0 Å². The largest absolute Gasteiger partial charge is 0.234 e.